The third-order valence-corrected chi connectivity index (χ3v) is 7.55. The Morgan fingerprint density at radius 3 is 2.24 bits per heavy atom. The molecule has 1 aromatic heterocycles. The maximum absolute atomic E-state index is 5.20. The topological polar surface area (TPSA) is 12.9 Å². The Balaban J connectivity index is 1.71. The zero-order valence-corrected chi connectivity index (χ0v) is 19.1. The average molecular weight is 424 g/mol. The number of hydrogen-bond acceptors (Lipinski definition) is 1. The highest BCUT2D eigenvalue weighted by molar-refractivity contribution is 6.24. The molecule has 0 saturated carbocycles. The lowest BCUT2D eigenvalue weighted by atomic mass is 9.88. The molecule has 0 N–H and O–H groups in total. The van der Waals surface area contributed by atoms with Gasteiger partial charge in [0, 0.05) is 16.5 Å². The van der Waals surface area contributed by atoms with Crippen LogP contribution < -0.4 is 0 Å². The van der Waals surface area contributed by atoms with Gasteiger partial charge in [-0.3, -0.25) is 4.98 Å². The first-order chi connectivity index (χ1) is 16.3. The van der Waals surface area contributed by atoms with E-state index in [9.17, 15) is 0 Å². The van der Waals surface area contributed by atoms with Crippen LogP contribution in [0.2, 0.25) is 0 Å². The fourth-order valence-electron chi connectivity index (χ4n) is 5.99. The number of rotatable bonds is 2. The van der Waals surface area contributed by atoms with Crippen molar-refractivity contribution in [2.45, 2.75) is 33.1 Å². The molecule has 7 rings (SSSR count). The van der Waals surface area contributed by atoms with Crippen molar-refractivity contribution < 1.29 is 0 Å². The number of hydrogen-bond donors (Lipinski definition) is 0. The fourth-order valence-corrected chi connectivity index (χ4v) is 5.99. The molecule has 1 aliphatic rings. The Morgan fingerprint density at radius 1 is 0.697 bits per heavy atom. The second-order valence-electron chi connectivity index (χ2n) is 9.30. The van der Waals surface area contributed by atoms with Gasteiger partial charge in [-0.05, 0) is 86.1 Å². The van der Waals surface area contributed by atoms with Crippen LogP contribution in [-0.4, -0.2) is 4.98 Å². The number of benzene rings is 5. The van der Waals surface area contributed by atoms with Crippen LogP contribution in [0.3, 0.4) is 0 Å². The standard InChI is InChI=1S/C32H25N/c1-3-19-13-14-25-29(15-19)33-28(4-2)32-24-12-8-7-11-23(24)30-26-17-21-10-6-5-9-20(21)16-22(26)18-27(30)31(25)32/h5-17H,3-4,18H2,1-2H3. The number of aromatic nitrogens is 1. The molecule has 33 heavy (non-hydrogen) atoms. The van der Waals surface area contributed by atoms with Crippen molar-refractivity contribution >= 4 is 43.2 Å². The Hall–Kier alpha value is -3.71. The van der Waals surface area contributed by atoms with Crippen molar-refractivity contribution in [2.24, 2.45) is 0 Å². The van der Waals surface area contributed by atoms with Crippen LogP contribution in [0.1, 0.15) is 36.2 Å². The van der Waals surface area contributed by atoms with Gasteiger partial charge in [0.25, 0.3) is 0 Å². The van der Waals surface area contributed by atoms with Gasteiger partial charge >= 0.3 is 0 Å². The molecular weight excluding hydrogens is 398 g/mol. The van der Waals surface area contributed by atoms with Gasteiger partial charge < -0.3 is 0 Å². The fraction of sp³-hybridized carbons (Fsp3) is 0.156. The van der Waals surface area contributed by atoms with E-state index in [-0.39, 0.29) is 0 Å². The largest absolute Gasteiger partial charge is 0.252 e. The minimum absolute atomic E-state index is 0.933. The lowest BCUT2D eigenvalue weighted by Crippen LogP contribution is -1.98. The predicted molar refractivity (Wildman–Crippen MR) is 141 cm³/mol. The third kappa shape index (κ3) is 2.57. The van der Waals surface area contributed by atoms with Gasteiger partial charge in [0.2, 0.25) is 0 Å². The molecule has 0 spiro atoms. The highest BCUT2D eigenvalue weighted by Crippen LogP contribution is 2.49. The number of aryl methyl sites for hydroxylation is 2. The summed E-state index contributed by atoms with van der Waals surface area (Å²) in [5.74, 6) is 0. The molecule has 6 aromatic rings. The normalized spacial score (nSPS) is 12.7. The summed E-state index contributed by atoms with van der Waals surface area (Å²) in [4.78, 5) is 5.20. The van der Waals surface area contributed by atoms with Crippen LogP contribution >= 0.6 is 0 Å². The molecule has 1 nitrogen and oxygen atoms in total. The van der Waals surface area contributed by atoms with Crippen LogP contribution in [0.15, 0.2) is 78.9 Å². The first-order valence-electron chi connectivity index (χ1n) is 12.1. The van der Waals surface area contributed by atoms with Crippen molar-refractivity contribution in [3.63, 3.8) is 0 Å². The van der Waals surface area contributed by atoms with E-state index >= 15 is 0 Å². The van der Waals surface area contributed by atoms with E-state index in [4.69, 9.17) is 4.98 Å². The molecule has 0 saturated heterocycles. The van der Waals surface area contributed by atoms with Crippen LogP contribution in [0.25, 0.3) is 54.3 Å². The highest BCUT2D eigenvalue weighted by atomic mass is 14.7. The number of nitrogens with zero attached hydrogens (tertiary/aromatic N) is 1. The molecule has 0 amide bonds. The van der Waals surface area contributed by atoms with Crippen molar-refractivity contribution in [2.75, 3.05) is 0 Å². The molecular formula is C32H25N. The second kappa shape index (κ2) is 6.89. The second-order valence-corrected chi connectivity index (χ2v) is 9.30. The van der Waals surface area contributed by atoms with Gasteiger partial charge in [0.15, 0.2) is 0 Å². The van der Waals surface area contributed by atoms with E-state index < -0.39 is 0 Å². The van der Waals surface area contributed by atoms with Crippen LogP contribution in [-0.2, 0) is 19.3 Å². The summed E-state index contributed by atoms with van der Waals surface area (Å²) in [5, 5.41) is 9.38. The van der Waals surface area contributed by atoms with Crippen LogP contribution in [0, 0.1) is 0 Å². The van der Waals surface area contributed by atoms with E-state index in [1.807, 2.05) is 0 Å². The molecule has 5 aromatic carbocycles. The van der Waals surface area contributed by atoms with Crippen LogP contribution in [0.4, 0.5) is 0 Å². The molecule has 0 unspecified atom stereocenters. The third-order valence-electron chi connectivity index (χ3n) is 7.55. The lowest BCUT2D eigenvalue weighted by molar-refractivity contribution is 1.07. The van der Waals surface area contributed by atoms with E-state index in [0.717, 1.165) is 24.8 Å². The molecule has 0 atom stereocenters. The van der Waals surface area contributed by atoms with E-state index in [2.05, 4.69) is 92.7 Å². The Morgan fingerprint density at radius 2 is 1.45 bits per heavy atom. The maximum atomic E-state index is 5.20. The molecule has 1 heteroatoms. The van der Waals surface area contributed by atoms with E-state index in [0.29, 0.717) is 0 Å². The molecule has 0 radical (unpaired) electrons. The Kier molecular flexibility index (Phi) is 3.93. The minimum atomic E-state index is 0.933. The van der Waals surface area contributed by atoms with Gasteiger partial charge in [-0.1, -0.05) is 80.6 Å². The zero-order chi connectivity index (χ0) is 22.1. The molecule has 0 aliphatic heterocycles. The quantitative estimate of drug-likeness (QED) is 0.254. The Labute approximate surface area is 193 Å². The first-order valence-corrected chi connectivity index (χ1v) is 12.1. The summed E-state index contributed by atoms with van der Waals surface area (Å²) < 4.78 is 0. The van der Waals surface area contributed by atoms with Gasteiger partial charge in [0.05, 0.1) is 5.52 Å². The van der Waals surface area contributed by atoms with E-state index in [1.165, 1.54) is 71.2 Å². The van der Waals surface area contributed by atoms with Crippen molar-refractivity contribution in [1.29, 1.82) is 0 Å². The summed E-state index contributed by atoms with van der Waals surface area (Å²) in [6.45, 7) is 4.45. The molecule has 1 heterocycles. The van der Waals surface area contributed by atoms with Gasteiger partial charge in [-0.15, -0.1) is 0 Å². The molecule has 1 aliphatic carbocycles. The smallest absolute Gasteiger partial charge is 0.0714 e. The van der Waals surface area contributed by atoms with Crippen molar-refractivity contribution in [3.8, 4) is 11.1 Å². The summed E-state index contributed by atoms with van der Waals surface area (Å²) >= 11 is 0. The zero-order valence-electron chi connectivity index (χ0n) is 19.1. The van der Waals surface area contributed by atoms with Gasteiger partial charge in [-0.2, -0.15) is 0 Å². The average Bonchev–Trinajstić information content (AvgIpc) is 3.24. The van der Waals surface area contributed by atoms with E-state index in [1.54, 1.807) is 0 Å². The lowest BCUT2D eigenvalue weighted by Gasteiger charge is -2.17. The first kappa shape index (κ1) is 18.8. The predicted octanol–water partition coefficient (Wildman–Crippen LogP) is 8.39. The Bertz CT molecular complexity index is 1760. The SMILES string of the molecule is CCc1ccc2c(c1)nc(CC)c1c3ccccc3c3c(c21)Cc1cc2ccccc2cc1-3. The molecule has 158 valence electrons. The maximum Gasteiger partial charge on any atom is 0.0714 e. The summed E-state index contributed by atoms with van der Waals surface area (Å²) in [6.07, 6.45) is 2.95. The van der Waals surface area contributed by atoms with Crippen LogP contribution in [0.5, 0.6) is 0 Å². The van der Waals surface area contributed by atoms with Gasteiger partial charge in [-0.25, -0.2) is 0 Å². The highest BCUT2D eigenvalue weighted by Gasteiger charge is 2.27. The molecule has 0 fully saturated rings. The minimum Gasteiger partial charge on any atom is -0.252 e. The molecule has 0 bridgehead atoms. The number of fused-ring (bicyclic) bond motifs is 11. The van der Waals surface area contributed by atoms with Crippen molar-refractivity contribution in [1.82, 2.24) is 4.98 Å². The monoisotopic (exact) mass is 423 g/mol. The number of pyridine rings is 1. The summed E-state index contributed by atoms with van der Waals surface area (Å²) in [5.41, 5.74) is 9.43. The summed E-state index contributed by atoms with van der Waals surface area (Å²) in [7, 11) is 0. The van der Waals surface area contributed by atoms with Gasteiger partial charge in [0.1, 0.15) is 0 Å². The summed E-state index contributed by atoms with van der Waals surface area (Å²) in [6, 6.07) is 29.4. The van der Waals surface area contributed by atoms with Crippen molar-refractivity contribution in [3.05, 3.63) is 101 Å².